The van der Waals surface area contributed by atoms with Crippen LogP contribution in [0.1, 0.15) is 17.3 Å². The number of rotatable bonds is 8. The molecule has 0 aliphatic heterocycles. The van der Waals surface area contributed by atoms with Gasteiger partial charge in [0.15, 0.2) is 0 Å². The minimum absolute atomic E-state index is 0.0779. The zero-order chi connectivity index (χ0) is 26.6. The van der Waals surface area contributed by atoms with Gasteiger partial charge < -0.3 is 15.2 Å². The molecule has 0 radical (unpaired) electrons. The van der Waals surface area contributed by atoms with Crippen LogP contribution in [-0.2, 0) is 11.3 Å². The number of amides is 2. The Labute approximate surface area is 222 Å². The number of non-ortho nitro benzene ring substituents is 1. The van der Waals surface area contributed by atoms with Crippen molar-refractivity contribution in [3.05, 3.63) is 107 Å². The van der Waals surface area contributed by atoms with Crippen molar-refractivity contribution in [3.63, 3.8) is 0 Å². The number of nitro groups is 1. The van der Waals surface area contributed by atoms with E-state index in [1.54, 1.807) is 18.2 Å². The first-order chi connectivity index (χ1) is 18.4. The van der Waals surface area contributed by atoms with Crippen molar-refractivity contribution in [2.45, 2.75) is 18.4 Å². The molecule has 38 heavy (non-hydrogen) atoms. The van der Waals surface area contributed by atoms with Gasteiger partial charge in [0.25, 0.3) is 11.6 Å². The predicted octanol–water partition coefficient (Wildman–Crippen LogP) is 6.71. The van der Waals surface area contributed by atoms with Crippen LogP contribution in [0.4, 0.5) is 17.1 Å². The fourth-order valence-corrected chi connectivity index (χ4v) is 5.17. The molecule has 0 aliphatic rings. The molecule has 9 heteroatoms. The Kier molecular flexibility index (Phi) is 7.10. The van der Waals surface area contributed by atoms with Crippen molar-refractivity contribution in [3.8, 4) is 0 Å². The lowest BCUT2D eigenvalue weighted by Gasteiger charge is -2.09. The summed E-state index contributed by atoms with van der Waals surface area (Å²) in [6, 6.07) is 26.8. The summed E-state index contributed by atoms with van der Waals surface area (Å²) >= 11 is 1.36. The number of hydrogen-bond acceptors (Lipinski definition) is 5. The molecule has 0 unspecified atom stereocenters. The number of aryl methyl sites for hydroxylation is 1. The summed E-state index contributed by atoms with van der Waals surface area (Å²) in [5, 5.41) is 18.8. The van der Waals surface area contributed by atoms with Gasteiger partial charge in [-0.3, -0.25) is 19.7 Å². The number of anilines is 2. The first kappa shape index (κ1) is 25.0. The highest BCUT2D eigenvalue weighted by Gasteiger charge is 2.12. The van der Waals surface area contributed by atoms with Crippen LogP contribution in [0.25, 0.3) is 21.8 Å². The second-order valence-electron chi connectivity index (χ2n) is 8.62. The van der Waals surface area contributed by atoms with E-state index >= 15 is 0 Å². The Morgan fingerprint density at radius 1 is 0.842 bits per heavy atom. The number of carbonyl (C=O) groups is 2. The molecule has 190 valence electrons. The smallest absolute Gasteiger partial charge is 0.269 e. The molecule has 8 nitrogen and oxygen atoms in total. The zero-order valence-electron chi connectivity index (χ0n) is 20.5. The van der Waals surface area contributed by atoms with E-state index in [9.17, 15) is 19.7 Å². The molecule has 0 atom stereocenters. The van der Waals surface area contributed by atoms with E-state index in [1.165, 1.54) is 41.5 Å². The molecule has 0 spiro atoms. The molecular weight excluding hydrogens is 500 g/mol. The monoisotopic (exact) mass is 524 g/mol. The van der Waals surface area contributed by atoms with Crippen molar-refractivity contribution in [1.82, 2.24) is 4.57 Å². The van der Waals surface area contributed by atoms with Gasteiger partial charge in [-0.15, -0.1) is 11.8 Å². The first-order valence-electron chi connectivity index (χ1n) is 12.0. The number of thioether (sulfide) groups is 1. The molecule has 1 aromatic heterocycles. The second-order valence-corrected chi connectivity index (χ2v) is 9.66. The van der Waals surface area contributed by atoms with E-state index in [1.807, 2.05) is 36.4 Å². The van der Waals surface area contributed by atoms with Gasteiger partial charge >= 0.3 is 0 Å². The Bertz CT molecular complexity index is 1680. The fraction of sp³-hybridized carbons (Fsp3) is 0.103. The van der Waals surface area contributed by atoms with E-state index < -0.39 is 4.92 Å². The van der Waals surface area contributed by atoms with Gasteiger partial charge in [0.05, 0.1) is 10.7 Å². The molecule has 4 aromatic carbocycles. The number of benzene rings is 4. The average Bonchev–Trinajstić information content (AvgIpc) is 3.25. The van der Waals surface area contributed by atoms with Crippen molar-refractivity contribution in [2.24, 2.45) is 0 Å². The maximum absolute atomic E-state index is 12.7. The summed E-state index contributed by atoms with van der Waals surface area (Å²) in [6.07, 6.45) is 0. The van der Waals surface area contributed by atoms with Crippen molar-refractivity contribution in [1.29, 1.82) is 0 Å². The van der Waals surface area contributed by atoms with Crippen molar-refractivity contribution < 1.29 is 14.5 Å². The largest absolute Gasteiger partial charge is 0.341 e. The number of fused-ring (bicyclic) bond motifs is 3. The van der Waals surface area contributed by atoms with E-state index in [2.05, 4.69) is 34.3 Å². The highest BCUT2D eigenvalue weighted by molar-refractivity contribution is 8.00. The van der Waals surface area contributed by atoms with E-state index in [-0.39, 0.29) is 23.3 Å². The van der Waals surface area contributed by atoms with Crippen LogP contribution in [0, 0.1) is 10.1 Å². The number of hydrogen-bond donors (Lipinski definition) is 2. The molecule has 5 aromatic rings. The van der Waals surface area contributed by atoms with Crippen LogP contribution in [0.3, 0.4) is 0 Å². The highest BCUT2D eigenvalue weighted by atomic mass is 32.2. The zero-order valence-corrected chi connectivity index (χ0v) is 21.3. The van der Waals surface area contributed by atoms with Crippen LogP contribution >= 0.6 is 11.8 Å². The molecule has 1 heterocycles. The Morgan fingerprint density at radius 3 is 2.34 bits per heavy atom. The summed E-state index contributed by atoms with van der Waals surface area (Å²) in [7, 11) is 0. The topological polar surface area (TPSA) is 106 Å². The Balaban J connectivity index is 1.22. The number of nitro benzene ring substituents is 1. The fourth-order valence-electron chi connectivity index (χ4n) is 4.42. The summed E-state index contributed by atoms with van der Waals surface area (Å²) in [5.74, 6) is -0.303. The summed E-state index contributed by atoms with van der Waals surface area (Å²) in [6.45, 7) is 2.98. The minimum Gasteiger partial charge on any atom is -0.341 e. The lowest BCUT2D eigenvalue weighted by Crippen LogP contribution is -2.14. The van der Waals surface area contributed by atoms with Crippen LogP contribution in [0.2, 0.25) is 0 Å². The van der Waals surface area contributed by atoms with Crippen molar-refractivity contribution in [2.75, 3.05) is 16.4 Å². The Morgan fingerprint density at radius 2 is 1.58 bits per heavy atom. The molecule has 0 bridgehead atoms. The number of carbonyl (C=O) groups excluding carboxylic acids is 2. The highest BCUT2D eigenvalue weighted by Crippen LogP contribution is 2.31. The quantitative estimate of drug-likeness (QED) is 0.133. The molecule has 0 saturated heterocycles. The number of aromatic nitrogens is 1. The van der Waals surface area contributed by atoms with E-state index in [0.29, 0.717) is 11.3 Å². The van der Waals surface area contributed by atoms with E-state index in [0.717, 1.165) is 33.4 Å². The third-order valence-electron chi connectivity index (χ3n) is 6.17. The summed E-state index contributed by atoms with van der Waals surface area (Å²) < 4.78 is 2.26. The first-order valence-corrected chi connectivity index (χ1v) is 13.0. The minimum atomic E-state index is -0.512. The number of nitrogens with one attached hydrogen (secondary N) is 2. The standard InChI is InChI=1S/C29H24N4O4S/c1-2-32-26-9-4-3-8-24(26)25-17-21(12-15-27(25)32)30-28(34)18-38-23-7-5-6-20(16-23)31-29(35)19-10-13-22(14-11-19)33(36)37/h3-17H,2,18H2,1H3,(H,30,34)(H,31,35). The molecule has 5 rings (SSSR count). The maximum Gasteiger partial charge on any atom is 0.269 e. The van der Waals surface area contributed by atoms with Gasteiger partial charge in [0.2, 0.25) is 5.91 Å². The van der Waals surface area contributed by atoms with Crippen LogP contribution < -0.4 is 10.6 Å². The molecule has 2 amide bonds. The SMILES string of the molecule is CCn1c2ccccc2c2cc(NC(=O)CSc3cccc(NC(=O)c4ccc([N+](=O)[O-])cc4)c3)ccc21. The van der Waals surface area contributed by atoms with Gasteiger partial charge in [-0.05, 0) is 61.5 Å². The van der Waals surface area contributed by atoms with Crippen LogP contribution in [-0.4, -0.2) is 27.1 Å². The van der Waals surface area contributed by atoms with Crippen LogP contribution in [0.15, 0.2) is 95.9 Å². The van der Waals surface area contributed by atoms with Gasteiger partial charge in [-0.1, -0.05) is 24.3 Å². The lowest BCUT2D eigenvalue weighted by molar-refractivity contribution is -0.384. The van der Waals surface area contributed by atoms with Crippen molar-refractivity contribution >= 4 is 62.4 Å². The number of nitrogens with zero attached hydrogens (tertiary/aromatic N) is 2. The molecule has 0 aliphatic carbocycles. The van der Waals surface area contributed by atoms with E-state index in [4.69, 9.17) is 0 Å². The molecule has 2 N–H and O–H groups in total. The summed E-state index contributed by atoms with van der Waals surface area (Å²) in [4.78, 5) is 36.4. The van der Waals surface area contributed by atoms with Gasteiger partial charge in [-0.2, -0.15) is 0 Å². The molecular formula is C29H24N4O4S. The molecule has 0 fully saturated rings. The Hall–Kier alpha value is -4.63. The van der Waals surface area contributed by atoms with Crippen LogP contribution in [0.5, 0.6) is 0 Å². The average molecular weight is 525 g/mol. The normalized spacial score (nSPS) is 11.0. The third kappa shape index (κ3) is 5.23. The summed E-state index contributed by atoms with van der Waals surface area (Å²) in [5.41, 5.74) is 3.85. The van der Waals surface area contributed by atoms with Gasteiger partial charge in [0.1, 0.15) is 0 Å². The lowest BCUT2D eigenvalue weighted by atomic mass is 10.1. The predicted molar refractivity (Wildman–Crippen MR) is 152 cm³/mol. The third-order valence-corrected chi connectivity index (χ3v) is 7.17. The second kappa shape index (κ2) is 10.8. The number of para-hydroxylation sites is 1. The molecule has 0 saturated carbocycles. The van der Waals surface area contributed by atoms with Gasteiger partial charge in [0, 0.05) is 62.3 Å². The van der Waals surface area contributed by atoms with Gasteiger partial charge in [-0.25, -0.2) is 0 Å². The maximum atomic E-state index is 12.7.